The molecule has 1 aromatic carbocycles. The fourth-order valence-electron chi connectivity index (χ4n) is 3.20. The third kappa shape index (κ3) is 3.19. The standard InChI is InChI=1S/C19H30O/c1-6-7-8-13-20-15-9-10-16-17(14-15)19(4,5)12-11-18(16,2)3/h9-10,14H,6-8,11-13H2,1-5H3. The third-order valence-electron chi connectivity index (χ3n) is 4.84. The van der Waals surface area contributed by atoms with Crippen molar-refractivity contribution in [3.05, 3.63) is 29.3 Å². The molecule has 0 saturated carbocycles. The lowest BCUT2D eigenvalue weighted by atomic mass is 9.63. The Kier molecular flexibility index (Phi) is 4.46. The minimum atomic E-state index is 0.271. The maximum Gasteiger partial charge on any atom is 0.119 e. The summed E-state index contributed by atoms with van der Waals surface area (Å²) in [6.07, 6.45) is 6.18. The van der Waals surface area contributed by atoms with Crippen molar-refractivity contribution in [3.8, 4) is 5.75 Å². The molecule has 0 heterocycles. The van der Waals surface area contributed by atoms with Crippen LogP contribution in [0.5, 0.6) is 5.75 Å². The first-order valence-electron chi connectivity index (χ1n) is 8.15. The minimum Gasteiger partial charge on any atom is -0.494 e. The summed E-state index contributed by atoms with van der Waals surface area (Å²) in [5.41, 5.74) is 3.57. The van der Waals surface area contributed by atoms with E-state index in [2.05, 4.69) is 52.8 Å². The molecule has 1 aliphatic carbocycles. The van der Waals surface area contributed by atoms with Gasteiger partial charge >= 0.3 is 0 Å². The number of benzene rings is 1. The van der Waals surface area contributed by atoms with Crippen LogP contribution >= 0.6 is 0 Å². The fourth-order valence-corrected chi connectivity index (χ4v) is 3.20. The van der Waals surface area contributed by atoms with E-state index in [0.717, 1.165) is 18.8 Å². The van der Waals surface area contributed by atoms with Crippen LogP contribution in [0.2, 0.25) is 0 Å². The topological polar surface area (TPSA) is 9.23 Å². The summed E-state index contributed by atoms with van der Waals surface area (Å²) < 4.78 is 5.94. The van der Waals surface area contributed by atoms with Gasteiger partial charge in [-0.25, -0.2) is 0 Å². The highest BCUT2D eigenvalue weighted by Crippen LogP contribution is 2.46. The average molecular weight is 274 g/mol. The summed E-state index contributed by atoms with van der Waals surface area (Å²) >= 11 is 0. The van der Waals surface area contributed by atoms with Gasteiger partial charge in [-0.2, -0.15) is 0 Å². The Hall–Kier alpha value is -0.980. The first-order chi connectivity index (χ1) is 9.37. The highest BCUT2D eigenvalue weighted by Gasteiger charge is 2.37. The van der Waals surface area contributed by atoms with Crippen LogP contribution in [0.4, 0.5) is 0 Å². The van der Waals surface area contributed by atoms with Gasteiger partial charge in [0, 0.05) is 0 Å². The second-order valence-corrected chi connectivity index (χ2v) is 7.53. The Morgan fingerprint density at radius 1 is 0.950 bits per heavy atom. The number of unbranched alkanes of at least 4 members (excludes halogenated alkanes) is 2. The third-order valence-corrected chi connectivity index (χ3v) is 4.84. The largest absolute Gasteiger partial charge is 0.494 e. The molecule has 1 heteroatoms. The van der Waals surface area contributed by atoms with Crippen molar-refractivity contribution in [2.45, 2.75) is 77.6 Å². The monoisotopic (exact) mass is 274 g/mol. The summed E-state index contributed by atoms with van der Waals surface area (Å²) in [4.78, 5) is 0. The molecule has 0 aromatic heterocycles. The normalized spacial score (nSPS) is 19.4. The molecule has 0 atom stereocenters. The maximum absolute atomic E-state index is 5.94. The van der Waals surface area contributed by atoms with Crippen LogP contribution in [0.1, 0.15) is 77.8 Å². The molecule has 0 radical (unpaired) electrons. The van der Waals surface area contributed by atoms with Gasteiger partial charge in [-0.05, 0) is 53.4 Å². The Bertz CT molecular complexity index is 457. The number of fused-ring (bicyclic) bond motifs is 1. The highest BCUT2D eigenvalue weighted by molar-refractivity contribution is 5.45. The predicted molar refractivity (Wildman–Crippen MR) is 86.7 cm³/mol. The molecule has 112 valence electrons. The molecule has 0 fully saturated rings. The Morgan fingerprint density at radius 3 is 2.25 bits per heavy atom. The first kappa shape index (κ1) is 15.4. The van der Waals surface area contributed by atoms with E-state index in [0.29, 0.717) is 5.41 Å². The SMILES string of the molecule is CCCCCOc1ccc2c(c1)C(C)(C)CCC2(C)C. The Labute approximate surface area is 124 Å². The predicted octanol–water partition coefficient (Wildman–Crippen LogP) is 5.60. The van der Waals surface area contributed by atoms with Gasteiger partial charge in [-0.1, -0.05) is 53.5 Å². The van der Waals surface area contributed by atoms with Gasteiger partial charge < -0.3 is 4.74 Å². The van der Waals surface area contributed by atoms with Crippen LogP contribution in [0.25, 0.3) is 0 Å². The quantitative estimate of drug-likeness (QED) is 0.635. The van der Waals surface area contributed by atoms with Gasteiger partial charge in [-0.3, -0.25) is 0 Å². The second-order valence-electron chi connectivity index (χ2n) is 7.53. The Balaban J connectivity index is 2.20. The lowest BCUT2D eigenvalue weighted by Gasteiger charge is -2.41. The average Bonchev–Trinajstić information content (AvgIpc) is 2.40. The zero-order chi connectivity index (χ0) is 14.8. The van der Waals surface area contributed by atoms with Crippen molar-refractivity contribution in [2.75, 3.05) is 6.61 Å². The summed E-state index contributed by atoms with van der Waals surface area (Å²) in [7, 11) is 0. The number of ether oxygens (including phenoxy) is 1. The molecule has 0 saturated heterocycles. The van der Waals surface area contributed by atoms with E-state index in [9.17, 15) is 0 Å². The van der Waals surface area contributed by atoms with Crippen molar-refractivity contribution >= 4 is 0 Å². The molecule has 1 nitrogen and oxygen atoms in total. The first-order valence-corrected chi connectivity index (χ1v) is 8.15. The molecule has 1 aromatic rings. The van der Waals surface area contributed by atoms with Gasteiger partial charge in [0.2, 0.25) is 0 Å². The molecule has 2 rings (SSSR count). The number of rotatable bonds is 5. The van der Waals surface area contributed by atoms with Gasteiger partial charge in [0.05, 0.1) is 6.61 Å². The van der Waals surface area contributed by atoms with E-state index >= 15 is 0 Å². The van der Waals surface area contributed by atoms with E-state index in [1.54, 1.807) is 0 Å². The molecule has 0 amide bonds. The van der Waals surface area contributed by atoms with E-state index in [1.165, 1.54) is 36.8 Å². The van der Waals surface area contributed by atoms with Crippen molar-refractivity contribution in [2.24, 2.45) is 0 Å². The van der Waals surface area contributed by atoms with Gasteiger partial charge in [0.1, 0.15) is 5.75 Å². The van der Waals surface area contributed by atoms with Crippen LogP contribution in [0.3, 0.4) is 0 Å². The lowest BCUT2D eigenvalue weighted by molar-refractivity contribution is 0.299. The van der Waals surface area contributed by atoms with Gasteiger partial charge in [0.15, 0.2) is 0 Å². The number of hydrogen-bond acceptors (Lipinski definition) is 1. The van der Waals surface area contributed by atoms with Gasteiger partial charge in [-0.15, -0.1) is 0 Å². The summed E-state index contributed by atoms with van der Waals surface area (Å²) in [6, 6.07) is 6.75. The van der Waals surface area contributed by atoms with Crippen LogP contribution < -0.4 is 4.74 Å². The zero-order valence-corrected chi connectivity index (χ0v) is 13.9. The van der Waals surface area contributed by atoms with E-state index in [-0.39, 0.29) is 5.41 Å². The Morgan fingerprint density at radius 2 is 1.60 bits per heavy atom. The molecular formula is C19H30O. The van der Waals surface area contributed by atoms with Crippen molar-refractivity contribution in [1.29, 1.82) is 0 Å². The molecule has 20 heavy (non-hydrogen) atoms. The van der Waals surface area contributed by atoms with Crippen LogP contribution in [0, 0.1) is 0 Å². The maximum atomic E-state index is 5.94. The zero-order valence-electron chi connectivity index (χ0n) is 13.9. The molecule has 0 aliphatic heterocycles. The van der Waals surface area contributed by atoms with Crippen molar-refractivity contribution < 1.29 is 4.74 Å². The molecule has 0 bridgehead atoms. The molecular weight excluding hydrogens is 244 g/mol. The molecule has 0 unspecified atom stereocenters. The van der Waals surface area contributed by atoms with Gasteiger partial charge in [0.25, 0.3) is 0 Å². The van der Waals surface area contributed by atoms with Crippen molar-refractivity contribution in [1.82, 2.24) is 0 Å². The minimum absolute atomic E-state index is 0.271. The van der Waals surface area contributed by atoms with E-state index in [1.807, 2.05) is 0 Å². The molecule has 1 aliphatic rings. The number of hydrogen-bond donors (Lipinski definition) is 0. The van der Waals surface area contributed by atoms with Crippen LogP contribution in [0.15, 0.2) is 18.2 Å². The van der Waals surface area contributed by atoms with E-state index < -0.39 is 0 Å². The highest BCUT2D eigenvalue weighted by atomic mass is 16.5. The van der Waals surface area contributed by atoms with E-state index in [4.69, 9.17) is 4.74 Å². The van der Waals surface area contributed by atoms with Crippen molar-refractivity contribution in [3.63, 3.8) is 0 Å². The second kappa shape index (κ2) is 5.79. The van der Waals surface area contributed by atoms with Crippen LogP contribution in [-0.2, 0) is 10.8 Å². The molecule has 0 spiro atoms. The lowest BCUT2D eigenvalue weighted by Crippen LogP contribution is -2.33. The summed E-state index contributed by atoms with van der Waals surface area (Å²) in [6.45, 7) is 12.5. The summed E-state index contributed by atoms with van der Waals surface area (Å²) in [5.74, 6) is 1.05. The summed E-state index contributed by atoms with van der Waals surface area (Å²) in [5, 5.41) is 0. The smallest absolute Gasteiger partial charge is 0.119 e. The van der Waals surface area contributed by atoms with Crippen LogP contribution in [-0.4, -0.2) is 6.61 Å². The molecule has 0 N–H and O–H groups in total. The fraction of sp³-hybridized carbons (Fsp3) is 0.684.